The fraction of sp³-hybridized carbons (Fsp3) is 0.348. The van der Waals surface area contributed by atoms with Gasteiger partial charge in [0.25, 0.3) is 0 Å². The summed E-state index contributed by atoms with van der Waals surface area (Å²) in [5.74, 6) is -1.10. The summed E-state index contributed by atoms with van der Waals surface area (Å²) in [6, 6.07) is 15.6. The highest BCUT2D eigenvalue weighted by atomic mass is 35.5. The number of fused-ring (bicyclic) bond motifs is 2. The number of hydrogen-bond acceptors (Lipinski definition) is 4. The Morgan fingerprint density at radius 1 is 0.857 bits per heavy atom. The van der Waals surface area contributed by atoms with Crippen molar-refractivity contribution in [3.05, 3.63) is 70.7 Å². The van der Waals surface area contributed by atoms with Gasteiger partial charge in [-0.15, -0.1) is 0 Å². The monoisotopic (exact) mass is 396 g/mol. The smallest absolute Gasteiger partial charge is 0.310 e. The third kappa shape index (κ3) is 3.61. The minimum absolute atomic E-state index is 0.0128. The number of halogens is 1. The van der Waals surface area contributed by atoms with Gasteiger partial charge in [-0.25, -0.2) is 0 Å². The molecule has 0 unspecified atom stereocenters. The first kappa shape index (κ1) is 18.9. The van der Waals surface area contributed by atoms with E-state index in [9.17, 15) is 14.4 Å². The molecule has 4 nitrogen and oxygen atoms in total. The molecule has 4 atom stereocenters. The van der Waals surface area contributed by atoms with E-state index in [1.807, 2.05) is 18.2 Å². The summed E-state index contributed by atoms with van der Waals surface area (Å²) in [4.78, 5) is 38.2. The number of rotatable bonds is 6. The molecule has 0 amide bonds. The molecule has 2 bridgehead atoms. The van der Waals surface area contributed by atoms with Gasteiger partial charge >= 0.3 is 5.97 Å². The van der Waals surface area contributed by atoms with Crippen LogP contribution in [0.2, 0.25) is 5.02 Å². The number of hydrogen-bond donors (Lipinski definition) is 0. The molecule has 0 heterocycles. The number of carbonyl (C=O) groups excluding carboxylic acids is 3. The first-order valence-corrected chi connectivity index (χ1v) is 9.97. The van der Waals surface area contributed by atoms with Crippen LogP contribution in [0.15, 0.2) is 54.6 Å². The van der Waals surface area contributed by atoms with Crippen LogP contribution in [0.5, 0.6) is 0 Å². The normalized spacial score (nSPS) is 25.5. The molecule has 2 fully saturated rings. The molecule has 0 saturated heterocycles. The number of esters is 1. The Morgan fingerprint density at radius 2 is 1.50 bits per heavy atom. The molecule has 0 N–H and O–H groups in total. The Hall–Kier alpha value is -2.46. The molecular weight excluding hydrogens is 376 g/mol. The fourth-order valence-electron chi connectivity index (χ4n) is 4.75. The van der Waals surface area contributed by atoms with Crippen LogP contribution >= 0.6 is 11.6 Å². The van der Waals surface area contributed by atoms with Crippen LogP contribution in [0, 0.1) is 23.7 Å². The molecule has 0 spiro atoms. The molecule has 2 aliphatic rings. The van der Waals surface area contributed by atoms with E-state index in [0.29, 0.717) is 16.1 Å². The molecule has 2 saturated carbocycles. The lowest BCUT2D eigenvalue weighted by Gasteiger charge is -2.28. The van der Waals surface area contributed by atoms with Crippen molar-refractivity contribution in [3.63, 3.8) is 0 Å². The lowest BCUT2D eigenvalue weighted by molar-refractivity contribution is -0.150. The summed E-state index contributed by atoms with van der Waals surface area (Å²) in [6.45, 7) is -0.319. The van der Waals surface area contributed by atoms with Crippen LogP contribution in [0.25, 0.3) is 0 Å². The average Bonchev–Trinajstić information content (AvgIpc) is 3.34. The van der Waals surface area contributed by atoms with Gasteiger partial charge in [-0.1, -0.05) is 41.9 Å². The molecule has 0 aliphatic heterocycles. The number of Topliss-reactive ketones (excluding diaryl/α,β-unsaturated/α-hetero) is 2. The van der Waals surface area contributed by atoms with Crippen molar-refractivity contribution >= 4 is 29.1 Å². The van der Waals surface area contributed by atoms with E-state index in [1.54, 1.807) is 36.4 Å². The van der Waals surface area contributed by atoms with E-state index in [2.05, 4.69) is 0 Å². The second-order valence-corrected chi connectivity index (χ2v) is 8.09. The maximum Gasteiger partial charge on any atom is 0.310 e. The third-order valence-electron chi connectivity index (χ3n) is 6.06. The Bertz CT molecular complexity index is 891. The van der Waals surface area contributed by atoms with Crippen LogP contribution < -0.4 is 0 Å². The SMILES string of the molecule is O=C(COC(=O)[C@H]1[C@H]2CC[C@H](C2)[C@@H]1C(=O)c1ccccc1)c1ccc(Cl)cc1. The summed E-state index contributed by atoms with van der Waals surface area (Å²) in [5.41, 5.74) is 1.08. The third-order valence-corrected chi connectivity index (χ3v) is 6.31. The molecule has 0 radical (unpaired) electrons. The van der Waals surface area contributed by atoms with Gasteiger partial charge in [0.05, 0.1) is 5.92 Å². The van der Waals surface area contributed by atoms with Gasteiger partial charge in [0, 0.05) is 22.1 Å². The van der Waals surface area contributed by atoms with E-state index >= 15 is 0 Å². The van der Waals surface area contributed by atoms with Crippen LogP contribution in [0.3, 0.4) is 0 Å². The molecule has 2 aromatic rings. The van der Waals surface area contributed by atoms with Gasteiger partial charge in [0.15, 0.2) is 18.2 Å². The van der Waals surface area contributed by atoms with Crippen LogP contribution in [0.4, 0.5) is 0 Å². The van der Waals surface area contributed by atoms with E-state index in [4.69, 9.17) is 16.3 Å². The predicted molar refractivity (Wildman–Crippen MR) is 105 cm³/mol. The topological polar surface area (TPSA) is 60.4 Å². The predicted octanol–water partition coefficient (Wildman–Crippen LogP) is 4.61. The Labute approximate surface area is 168 Å². The zero-order valence-electron chi connectivity index (χ0n) is 15.3. The minimum Gasteiger partial charge on any atom is -0.457 e. The van der Waals surface area contributed by atoms with Gasteiger partial charge in [-0.05, 0) is 55.4 Å². The molecule has 144 valence electrons. The number of ether oxygens (including phenoxy) is 1. The standard InChI is InChI=1S/C23H21ClO4/c24-18-10-8-14(9-11-18)19(25)13-28-23(27)21-17-7-6-16(12-17)20(21)22(26)15-4-2-1-3-5-15/h1-5,8-11,16-17,20-21H,6-7,12-13H2/t16-,17+,20+,21+/m1/s1. The highest BCUT2D eigenvalue weighted by Gasteiger charge is 2.54. The first-order chi connectivity index (χ1) is 13.5. The largest absolute Gasteiger partial charge is 0.457 e. The molecule has 5 heteroatoms. The molecule has 28 heavy (non-hydrogen) atoms. The lowest BCUT2D eigenvalue weighted by atomic mass is 9.75. The van der Waals surface area contributed by atoms with Crippen LogP contribution in [-0.4, -0.2) is 24.1 Å². The van der Waals surface area contributed by atoms with Crippen molar-refractivity contribution in [2.24, 2.45) is 23.7 Å². The van der Waals surface area contributed by atoms with Crippen molar-refractivity contribution in [1.29, 1.82) is 0 Å². The van der Waals surface area contributed by atoms with Crippen molar-refractivity contribution in [1.82, 2.24) is 0 Å². The number of benzene rings is 2. The fourth-order valence-corrected chi connectivity index (χ4v) is 4.88. The molecule has 2 aromatic carbocycles. The van der Waals surface area contributed by atoms with Crippen molar-refractivity contribution in [2.75, 3.05) is 6.61 Å². The van der Waals surface area contributed by atoms with E-state index in [0.717, 1.165) is 19.3 Å². The number of ketones is 2. The van der Waals surface area contributed by atoms with Crippen LogP contribution in [-0.2, 0) is 9.53 Å². The Kier molecular flexibility index (Phi) is 5.31. The minimum atomic E-state index is -0.454. The van der Waals surface area contributed by atoms with Gasteiger partial charge in [-0.2, -0.15) is 0 Å². The zero-order valence-corrected chi connectivity index (χ0v) is 16.1. The van der Waals surface area contributed by atoms with E-state index in [-0.39, 0.29) is 35.9 Å². The summed E-state index contributed by atoms with van der Waals surface area (Å²) < 4.78 is 5.37. The Balaban J connectivity index is 1.45. The van der Waals surface area contributed by atoms with E-state index < -0.39 is 11.9 Å². The summed E-state index contributed by atoms with van der Waals surface area (Å²) in [5, 5.41) is 0.540. The average molecular weight is 397 g/mol. The zero-order chi connectivity index (χ0) is 19.7. The lowest BCUT2D eigenvalue weighted by Crippen LogP contribution is -2.36. The maximum atomic E-state index is 13.1. The van der Waals surface area contributed by atoms with Gasteiger partial charge < -0.3 is 4.74 Å². The molecular formula is C23H21ClO4. The summed E-state index contributed by atoms with van der Waals surface area (Å²) >= 11 is 5.83. The number of carbonyl (C=O) groups is 3. The van der Waals surface area contributed by atoms with E-state index in [1.165, 1.54) is 0 Å². The van der Waals surface area contributed by atoms with Crippen LogP contribution in [0.1, 0.15) is 40.0 Å². The van der Waals surface area contributed by atoms with Crippen molar-refractivity contribution < 1.29 is 19.1 Å². The first-order valence-electron chi connectivity index (χ1n) is 9.59. The maximum absolute atomic E-state index is 13.1. The van der Waals surface area contributed by atoms with Gasteiger partial charge in [0.2, 0.25) is 0 Å². The Morgan fingerprint density at radius 3 is 2.18 bits per heavy atom. The molecule has 4 rings (SSSR count). The van der Waals surface area contributed by atoms with Crippen molar-refractivity contribution in [2.45, 2.75) is 19.3 Å². The highest BCUT2D eigenvalue weighted by Crippen LogP contribution is 2.53. The molecule has 0 aromatic heterocycles. The summed E-state index contributed by atoms with van der Waals surface area (Å²) in [6.07, 6.45) is 2.80. The van der Waals surface area contributed by atoms with Crippen molar-refractivity contribution in [3.8, 4) is 0 Å². The summed E-state index contributed by atoms with van der Waals surface area (Å²) in [7, 11) is 0. The van der Waals surface area contributed by atoms with Gasteiger partial charge in [-0.3, -0.25) is 14.4 Å². The van der Waals surface area contributed by atoms with Gasteiger partial charge in [0.1, 0.15) is 0 Å². The highest BCUT2D eigenvalue weighted by molar-refractivity contribution is 6.30. The molecule has 2 aliphatic carbocycles. The quantitative estimate of drug-likeness (QED) is 0.528. The second kappa shape index (κ2) is 7.88. The second-order valence-electron chi connectivity index (χ2n) is 7.65.